The molecule has 1 aromatic heterocycles. The van der Waals surface area contributed by atoms with Crippen LogP contribution in [0.15, 0.2) is 56.7 Å². The highest BCUT2D eigenvalue weighted by Gasteiger charge is 2.14. The van der Waals surface area contributed by atoms with E-state index in [9.17, 15) is 9.59 Å². The molecule has 0 aliphatic carbocycles. The van der Waals surface area contributed by atoms with Crippen molar-refractivity contribution < 1.29 is 9.21 Å². The van der Waals surface area contributed by atoms with Crippen molar-refractivity contribution in [1.82, 2.24) is 5.32 Å². The first-order chi connectivity index (χ1) is 13.0. The topological polar surface area (TPSA) is 71.7 Å². The fourth-order valence-electron chi connectivity index (χ4n) is 3.12. The van der Waals surface area contributed by atoms with E-state index in [2.05, 4.69) is 10.3 Å². The zero-order valence-electron chi connectivity index (χ0n) is 15.0. The number of nitrogens with one attached hydrogen (secondary N) is 1. The number of aliphatic imine (C=N–C) groups is 1. The van der Waals surface area contributed by atoms with Crippen LogP contribution in [0.3, 0.4) is 0 Å². The van der Waals surface area contributed by atoms with Crippen LogP contribution in [0.4, 0.5) is 0 Å². The van der Waals surface area contributed by atoms with Crippen LogP contribution < -0.4 is 10.7 Å². The van der Waals surface area contributed by atoms with E-state index in [0.717, 1.165) is 29.0 Å². The third-order valence-electron chi connectivity index (χ3n) is 4.40. The second-order valence-corrected chi connectivity index (χ2v) is 7.58. The average Bonchev–Trinajstić information content (AvgIpc) is 3.15. The summed E-state index contributed by atoms with van der Waals surface area (Å²) in [6, 6.07) is 12.3. The van der Waals surface area contributed by atoms with Crippen molar-refractivity contribution in [2.45, 2.75) is 13.8 Å². The van der Waals surface area contributed by atoms with Crippen molar-refractivity contribution in [3.63, 3.8) is 0 Å². The number of thioether (sulfide) groups is 1. The lowest BCUT2D eigenvalue weighted by Gasteiger charge is -2.08. The Labute approximate surface area is 160 Å². The molecule has 0 unspecified atom stereocenters. The van der Waals surface area contributed by atoms with E-state index in [-0.39, 0.29) is 11.3 Å². The second-order valence-electron chi connectivity index (χ2n) is 6.50. The van der Waals surface area contributed by atoms with E-state index < -0.39 is 0 Å². The van der Waals surface area contributed by atoms with Gasteiger partial charge in [0.1, 0.15) is 11.3 Å². The van der Waals surface area contributed by atoms with Crippen LogP contribution in [0.25, 0.3) is 22.3 Å². The molecule has 0 atom stereocenters. The first kappa shape index (κ1) is 17.5. The number of benzene rings is 2. The molecule has 0 spiro atoms. The fourth-order valence-corrected chi connectivity index (χ4v) is 3.84. The quantitative estimate of drug-likeness (QED) is 0.734. The summed E-state index contributed by atoms with van der Waals surface area (Å²) in [6.07, 6.45) is 0. The van der Waals surface area contributed by atoms with Crippen LogP contribution in [-0.2, 0) is 0 Å². The molecule has 0 bridgehead atoms. The number of amides is 1. The third-order valence-corrected chi connectivity index (χ3v) is 5.29. The van der Waals surface area contributed by atoms with E-state index in [1.165, 1.54) is 17.8 Å². The Bertz CT molecular complexity index is 1130. The molecule has 4 rings (SSSR count). The smallest absolute Gasteiger partial charge is 0.257 e. The summed E-state index contributed by atoms with van der Waals surface area (Å²) in [5.74, 6) is 1.19. The largest absolute Gasteiger partial charge is 0.456 e. The molecule has 1 amide bonds. The monoisotopic (exact) mass is 378 g/mol. The highest BCUT2D eigenvalue weighted by atomic mass is 32.2. The number of carbonyl (C=O) groups excluding carboxylic acids is 1. The highest BCUT2D eigenvalue weighted by molar-refractivity contribution is 8.14. The van der Waals surface area contributed by atoms with Gasteiger partial charge < -0.3 is 9.73 Å². The number of nitrogens with zero attached hydrogens (tertiary/aromatic N) is 1. The summed E-state index contributed by atoms with van der Waals surface area (Å²) in [7, 11) is 0. The van der Waals surface area contributed by atoms with Gasteiger partial charge in [0.05, 0.1) is 11.9 Å². The number of fused-ring (bicyclic) bond motifs is 1. The molecular weight excluding hydrogens is 360 g/mol. The van der Waals surface area contributed by atoms with Crippen LogP contribution in [-0.4, -0.2) is 23.4 Å². The van der Waals surface area contributed by atoms with E-state index in [1.54, 1.807) is 24.3 Å². The van der Waals surface area contributed by atoms with E-state index >= 15 is 0 Å². The minimum Gasteiger partial charge on any atom is -0.456 e. The Morgan fingerprint density at radius 3 is 2.63 bits per heavy atom. The zero-order valence-corrected chi connectivity index (χ0v) is 15.9. The van der Waals surface area contributed by atoms with Crippen molar-refractivity contribution in [2.75, 3.05) is 12.3 Å². The van der Waals surface area contributed by atoms with Gasteiger partial charge in [-0.2, -0.15) is 0 Å². The van der Waals surface area contributed by atoms with Gasteiger partial charge in [-0.25, -0.2) is 0 Å². The fraction of sp³-hybridized carbons (Fsp3) is 0.190. The molecule has 5 nitrogen and oxygen atoms in total. The third kappa shape index (κ3) is 3.53. The molecule has 0 radical (unpaired) electrons. The van der Waals surface area contributed by atoms with Gasteiger partial charge in [-0.05, 0) is 43.2 Å². The molecule has 136 valence electrons. The van der Waals surface area contributed by atoms with Gasteiger partial charge >= 0.3 is 0 Å². The van der Waals surface area contributed by atoms with Crippen LogP contribution in [0.2, 0.25) is 0 Å². The summed E-state index contributed by atoms with van der Waals surface area (Å²) in [6.45, 7) is 4.62. The predicted molar refractivity (Wildman–Crippen MR) is 110 cm³/mol. The molecule has 1 aliphatic heterocycles. The molecule has 1 aliphatic rings. The maximum absolute atomic E-state index is 12.5. The standard InChI is InChI=1S/C21H18N2O3S/c1-12-9-13(2)19-16(10-12)17(24)11-18(26-19)14-3-5-15(6-4-14)20(25)23-21-22-7-8-27-21/h3-6,9-11H,7-8H2,1-2H3,(H,22,23,25). The van der Waals surface area contributed by atoms with Crippen molar-refractivity contribution in [3.05, 3.63) is 69.4 Å². The van der Waals surface area contributed by atoms with Crippen LogP contribution in [0, 0.1) is 13.8 Å². The minimum absolute atomic E-state index is 0.0730. The SMILES string of the molecule is Cc1cc(C)c2oc(-c3ccc(C(=O)NC4=NCCS4)cc3)cc(=O)c2c1. The summed E-state index contributed by atoms with van der Waals surface area (Å²) >= 11 is 1.54. The molecule has 1 N–H and O–H groups in total. The summed E-state index contributed by atoms with van der Waals surface area (Å²) < 4.78 is 6.00. The number of aryl methyl sites for hydroxylation is 2. The molecular formula is C21H18N2O3S. The zero-order chi connectivity index (χ0) is 19.0. The molecule has 2 heterocycles. The van der Waals surface area contributed by atoms with Crippen LogP contribution in [0.1, 0.15) is 21.5 Å². The Morgan fingerprint density at radius 2 is 1.93 bits per heavy atom. The molecule has 6 heteroatoms. The Morgan fingerprint density at radius 1 is 1.15 bits per heavy atom. The highest BCUT2D eigenvalue weighted by Crippen LogP contribution is 2.25. The van der Waals surface area contributed by atoms with Gasteiger partial charge in [-0.3, -0.25) is 14.6 Å². The molecule has 0 fully saturated rings. The predicted octanol–water partition coefficient (Wildman–Crippen LogP) is 3.91. The van der Waals surface area contributed by atoms with E-state index in [1.807, 2.05) is 26.0 Å². The lowest BCUT2D eigenvalue weighted by atomic mass is 10.1. The molecule has 3 aromatic rings. The summed E-state index contributed by atoms with van der Waals surface area (Å²) in [5.41, 5.74) is 3.76. The minimum atomic E-state index is -0.194. The summed E-state index contributed by atoms with van der Waals surface area (Å²) in [5, 5.41) is 4.05. The van der Waals surface area contributed by atoms with Crippen molar-refractivity contribution in [3.8, 4) is 11.3 Å². The lowest BCUT2D eigenvalue weighted by Crippen LogP contribution is -2.27. The van der Waals surface area contributed by atoms with Gasteiger partial charge in [0.15, 0.2) is 10.6 Å². The molecule has 0 saturated heterocycles. The van der Waals surface area contributed by atoms with Crippen molar-refractivity contribution in [2.24, 2.45) is 4.99 Å². The van der Waals surface area contributed by atoms with Crippen LogP contribution in [0.5, 0.6) is 0 Å². The number of hydrogen-bond donors (Lipinski definition) is 1. The average molecular weight is 378 g/mol. The normalized spacial score (nSPS) is 13.6. The van der Waals surface area contributed by atoms with E-state index in [4.69, 9.17) is 4.42 Å². The first-order valence-corrected chi connectivity index (χ1v) is 9.64. The number of carbonyl (C=O) groups is 1. The van der Waals surface area contributed by atoms with Crippen molar-refractivity contribution in [1.29, 1.82) is 0 Å². The van der Waals surface area contributed by atoms with Gasteiger partial charge in [0, 0.05) is 22.9 Å². The summed E-state index contributed by atoms with van der Waals surface area (Å²) in [4.78, 5) is 29.0. The number of rotatable bonds is 2. The van der Waals surface area contributed by atoms with Crippen molar-refractivity contribution >= 4 is 33.8 Å². The van der Waals surface area contributed by atoms with Gasteiger partial charge in [-0.15, -0.1) is 0 Å². The van der Waals surface area contributed by atoms with Gasteiger partial charge in [-0.1, -0.05) is 30.0 Å². The first-order valence-electron chi connectivity index (χ1n) is 8.65. The van der Waals surface area contributed by atoms with Crippen LogP contribution >= 0.6 is 11.8 Å². The number of amidine groups is 1. The lowest BCUT2D eigenvalue weighted by molar-refractivity contribution is 0.0978. The Hall–Kier alpha value is -2.86. The van der Waals surface area contributed by atoms with E-state index in [0.29, 0.717) is 27.5 Å². The molecule has 2 aromatic carbocycles. The molecule has 0 saturated carbocycles. The van der Waals surface area contributed by atoms with Gasteiger partial charge in [0.2, 0.25) is 0 Å². The Balaban J connectivity index is 1.66. The maximum atomic E-state index is 12.5. The number of hydrogen-bond acceptors (Lipinski definition) is 5. The maximum Gasteiger partial charge on any atom is 0.257 e. The molecule has 27 heavy (non-hydrogen) atoms. The van der Waals surface area contributed by atoms with Gasteiger partial charge in [0.25, 0.3) is 5.91 Å². The Kier molecular flexibility index (Phi) is 4.58. The second kappa shape index (κ2) is 7.04.